The molecule has 0 aromatic carbocycles. The van der Waals surface area contributed by atoms with Crippen molar-refractivity contribution in [1.29, 1.82) is 0 Å². The van der Waals surface area contributed by atoms with Crippen molar-refractivity contribution in [2.45, 2.75) is 6.42 Å². The number of hydrogen-bond donors (Lipinski definition) is 0. The molecule has 2 unspecified atom stereocenters. The van der Waals surface area contributed by atoms with Crippen LogP contribution in [0.15, 0.2) is 0 Å². The lowest BCUT2D eigenvalue weighted by molar-refractivity contribution is 0.134. The molecule has 0 bridgehead atoms. The summed E-state index contributed by atoms with van der Waals surface area (Å²) in [6.07, 6.45) is 6.59. The third-order valence-electron chi connectivity index (χ3n) is 3.01. The maximum Gasteiger partial charge on any atom is 0.0596 e. The van der Waals surface area contributed by atoms with E-state index in [0.29, 0.717) is 5.41 Å². The molecule has 2 nitrogen and oxygen atoms in total. The van der Waals surface area contributed by atoms with E-state index in [1.54, 1.807) is 0 Å². The predicted octanol–water partition coefficient (Wildman–Crippen LogP) is 0.588. The summed E-state index contributed by atoms with van der Waals surface area (Å²) in [5.41, 5.74) is 0.492. The number of terminal acetylenes is 1. The van der Waals surface area contributed by atoms with Gasteiger partial charge in [0.05, 0.1) is 19.8 Å². The number of fused-ring (bicyclic) bond motifs is 1. The van der Waals surface area contributed by atoms with Gasteiger partial charge in [0.15, 0.2) is 0 Å². The quantitative estimate of drug-likeness (QED) is 0.567. The molecule has 1 aliphatic carbocycles. The Bertz CT molecular complexity index is 220. The number of rotatable bonds is 3. The highest BCUT2D eigenvalue weighted by Gasteiger charge is 2.58. The predicted molar refractivity (Wildman–Crippen MR) is 47.7 cm³/mol. The Labute approximate surface area is 73.9 Å². The van der Waals surface area contributed by atoms with Crippen LogP contribution in [0.2, 0.25) is 0 Å². The monoisotopic (exact) mass is 165 g/mol. The Morgan fingerprint density at radius 2 is 2.58 bits per heavy atom. The van der Waals surface area contributed by atoms with Crippen LogP contribution >= 0.6 is 0 Å². The van der Waals surface area contributed by atoms with Gasteiger partial charge in [-0.25, -0.2) is 0 Å². The van der Waals surface area contributed by atoms with E-state index in [1.807, 2.05) is 0 Å². The summed E-state index contributed by atoms with van der Waals surface area (Å²) in [5.74, 6) is 3.49. The third-order valence-corrected chi connectivity index (χ3v) is 3.01. The standard InChI is InChI=1S/C10H15NO/c1-3-4-11(2)7-10-5-9(10)6-12-8-10/h1,9H,4-8H2,2H3. The Kier molecular flexibility index (Phi) is 1.86. The lowest BCUT2D eigenvalue weighted by Crippen LogP contribution is -2.28. The molecule has 0 radical (unpaired) electrons. The van der Waals surface area contributed by atoms with Crippen molar-refractivity contribution >= 4 is 0 Å². The Morgan fingerprint density at radius 1 is 1.75 bits per heavy atom. The molecular weight excluding hydrogens is 150 g/mol. The van der Waals surface area contributed by atoms with E-state index >= 15 is 0 Å². The highest BCUT2D eigenvalue weighted by atomic mass is 16.5. The maximum absolute atomic E-state index is 5.41. The first-order chi connectivity index (χ1) is 5.77. The van der Waals surface area contributed by atoms with Gasteiger partial charge in [-0.05, 0) is 19.4 Å². The van der Waals surface area contributed by atoms with Crippen LogP contribution in [0.3, 0.4) is 0 Å². The summed E-state index contributed by atoms with van der Waals surface area (Å²) >= 11 is 0. The molecule has 0 aromatic rings. The van der Waals surface area contributed by atoms with E-state index in [4.69, 9.17) is 11.2 Å². The van der Waals surface area contributed by atoms with Crippen LogP contribution in [0.1, 0.15) is 6.42 Å². The zero-order valence-electron chi connectivity index (χ0n) is 7.55. The molecule has 0 amide bonds. The van der Waals surface area contributed by atoms with Gasteiger partial charge in [-0.3, -0.25) is 4.90 Å². The van der Waals surface area contributed by atoms with Crippen molar-refractivity contribution in [3.8, 4) is 12.3 Å². The molecule has 2 heteroatoms. The SMILES string of the molecule is C#CCN(C)CC12COCC1C2. The molecule has 66 valence electrons. The average Bonchev–Trinajstić information content (AvgIpc) is 2.53. The summed E-state index contributed by atoms with van der Waals surface area (Å²) in [6.45, 7) is 3.80. The summed E-state index contributed by atoms with van der Waals surface area (Å²) < 4.78 is 5.41. The van der Waals surface area contributed by atoms with Crippen molar-refractivity contribution in [2.75, 3.05) is 33.4 Å². The van der Waals surface area contributed by atoms with Crippen molar-refractivity contribution in [1.82, 2.24) is 4.90 Å². The highest BCUT2D eigenvalue weighted by molar-refractivity contribution is 5.07. The minimum absolute atomic E-state index is 0.492. The Balaban J connectivity index is 1.84. The van der Waals surface area contributed by atoms with E-state index in [9.17, 15) is 0 Å². The fourth-order valence-corrected chi connectivity index (χ4v) is 2.24. The summed E-state index contributed by atoms with van der Waals surface area (Å²) in [5, 5.41) is 0. The minimum Gasteiger partial charge on any atom is -0.380 e. The molecule has 2 fully saturated rings. The molecule has 2 rings (SSSR count). The first-order valence-corrected chi connectivity index (χ1v) is 4.47. The van der Waals surface area contributed by atoms with Gasteiger partial charge >= 0.3 is 0 Å². The molecule has 12 heavy (non-hydrogen) atoms. The van der Waals surface area contributed by atoms with E-state index in [0.717, 1.165) is 32.2 Å². The topological polar surface area (TPSA) is 12.5 Å². The Morgan fingerprint density at radius 3 is 3.08 bits per heavy atom. The van der Waals surface area contributed by atoms with Crippen molar-refractivity contribution in [3.63, 3.8) is 0 Å². The summed E-state index contributed by atoms with van der Waals surface area (Å²) in [7, 11) is 2.09. The van der Waals surface area contributed by atoms with Crippen LogP contribution in [0.5, 0.6) is 0 Å². The second kappa shape index (κ2) is 2.76. The average molecular weight is 165 g/mol. The maximum atomic E-state index is 5.41. The number of ether oxygens (including phenoxy) is 1. The van der Waals surface area contributed by atoms with Gasteiger partial charge < -0.3 is 4.74 Å². The van der Waals surface area contributed by atoms with Gasteiger partial charge in [-0.1, -0.05) is 5.92 Å². The molecule has 0 aromatic heterocycles. The molecule has 0 spiro atoms. The lowest BCUT2D eigenvalue weighted by atomic mass is 10.1. The van der Waals surface area contributed by atoms with Crippen LogP contribution < -0.4 is 0 Å². The second-order valence-electron chi connectivity index (χ2n) is 4.15. The fourth-order valence-electron chi connectivity index (χ4n) is 2.24. The van der Waals surface area contributed by atoms with Crippen LogP contribution in [-0.2, 0) is 4.74 Å². The fraction of sp³-hybridized carbons (Fsp3) is 0.800. The molecule has 0 N–H and O–H groups in total. The summed E-state index contributed by atoms with van der Waals surface area (Å²) in [4.78, 5) is 2.22. The Hall–Kier alpha value is -0.520. The zero-order valence-corrected chi connectivity index (χ0v) is 7.55. The van der Waals surface area contributed by atoms with Gasteiger partial charge in [0.25, 0.3) is 0 Å². The van der Waals surface area contributed by atoms with Crippen molar-refractivity contribution < 1.29 is 4.74 Å². The van der Waals surface area contributed by atoms with Gasteiger partial charge in [-0.2, -0.15) is 0 Å². The van der Waals surface area contributed by atoms with Gasteiger partial charge in [0.2, 0.25) is 0 Å². The van der Waals surface area contributed by atoms with E-state index in [1.165, 1.54) is 6.42 Å². The van der Waals surface area contributed by atoms with Gasteiger partial charge in [0, 0.05) is 12.0 Å². The molecule has 2 atom stereocenters. The minimum atomic E-state index is 0.492. The molecule has 1 aliphatic heterocycles. The third kappa shape index (κ3) is 1.24. The zero-order chi connectivity index (χ0) is 8.60. The molecule has 2 aliphatic rings. The van der Waals surface area contributed by atoms with Gasteiger partial charge in [-0.15, -0.1) is 6.42 Å². The largest absolute Gasteiger partial charge is 0.380 e. The van der Waals surface area contributed by atoms with E-state index < -0.39 is 0 Å². The van der Waals surface area contributed by atoms with Crippen LogP contribution in [0.4, 0.5) is 0 Å². The van der Waals surface area contributed by atoms with E-state index in [2.05, 4.69) is 17.9 Å². The first-order valence-electron chi connectivity index (χ1n) is 4.47. The molecule has 1 saturated carbocycles. The lowest BCUT2D eigenvalue weighted by Gasteiger charge is -2.19. The normalized spacial score (nSPS) is 37.9. The smallest absolute Gasteiger partial charge is 0.0596 e. The molecule has 1 heterocycles. The van der Waals surface area contributed by atoms with E-state index in [-0.39, 0.29) is 0 Å². The molecular formula is C10H15NO. The number of nitrogens with zero attached hydrogens (tertiary/aromatic N) is 1. The first kappa shape index (κ1) is 8.10. The van der Waals surface area contributed by atoms with Crippen molar-refractivity contribution in [2.24, 2.45) is 11.3 Å². The number of hydrogen-bond acceptors (Lipinski definition) is 2. The molecule has 1 saturated heterocycles. The van der Waals surface area contributed by atoms with Crippen LogP contribution in [0, 0.1) is 23.7 Å². The second-order valence-corrected chi connectivity index (χ2v) is 4.15. The van der Waals surface area contributed by atoms with Crippen molar-refractivity contribution in [3.05, 3.63) is 0 Å². The summed E-state index contributed by atoms with van der Waals surface area (Å²) in [6, 6.07) is 0. The van der Waals surface area contributed by atoms with Gasteiger partial charge in [0.1, 0.15) is 0 Å². The van der Waals surface area contributed by atoms with Crippen LogP contribution in [-0.4, -0.2) is 38.3 Å². The highest BCUT2D eigenvalue weighted by Crippen LogP contribution is 2.56. The van der Waals surface area contributed by atoms with Crippen LogP contribution in [0.25, 0.3) is 0 Å².